The Kier molecular flexibility index (Phi) is 4.86. The highest BCUT2D eigenvalue weighted by Crippen LogP contribution is 2.31. The van der Waals surface area contributed by atoms with Crippen LogP contribution < -0.4 is 10.1 Å². The minimum Gasteiger partial charge on any atom is -0.494 e. The maximum Gasteiger partial charge on any atom is 0.276 e. The van der Waals surface area contributed by atoms with Crippen LogP contribution in [-0.4, -0.2) is 22.5 Å². The number of carbonyl (C=O) groups is 1. The first-order chi connectivity index (χ1) is 11.7. The summed E-state index contributed by atoms with van der Waals surface area (Å²) in [4.78, 5) is 21.8. The number of nitrogens with zero attached hydrogens (tertiary/aromatic N) is 2. The topological polar surface area (TPSA) is 64.1 Å². The van der Waals surface area contributed by atoms with Gasteiger partial charge in [-0.3, -0.25) is 15.1 Å². The summed E-state index contributed by atoms with van der Waals surface area (Å²) in [6.07, 6.45) is 1.59. The fraction of sp³-hybridized carbons (Fsp3) is 0.167. The van der Waals surface area contributed by atoms with Gasteiger partial charge in [-0.15, -0.1) is 11.3 Å². The molecule has 0 unspecified atom stereocenters. The number of hydrogen-bond acceptors (Lipinski definition) is 5. The van der Waals surface area contributed by atoms with Gasteiger partial charge in [-0.05, 0) is 50.2 Å². The van der Waals surface area contributed by atoms with Gasteiger partial charge >= 0.3 is 0 Å². The summed E-state index contributed by atoms with van der Waals surface area (Å²) in [6, 6.07) is 13.0. The van der Waals surface area contributed by atoms with Crippen molar-refractivity contribution in [3.05, 3.63) is 59.2 Å². The molecular formula is C18H17N3O2S. The lowest BCUT2D eigenvalue weighted by Gasteiger charge is -2.04. The number of rotatable bonds is 5. The van der Waals surface area contributed by atoms with Crippen LogP contribution >= 0.6 is 11.3 Å². The van der Waals surface area contributed by atoms with Crippen molar-refractivity contribution in [2.24, 2.45) is 0 Å². The smallest absolute Gasteiger partial charge is 0.276 e. The summed E-state index contributed by atoms with van der Waals surface area (Å²) in [5.74, 6) is 0.570. The molecule has 0 bridgehead atoms. The first-order valence-corrected chi connectivity index (χ1v) is 8.42. The molecule has 2 heterocycles. The van der Waals surface area contributed by atoms with Gasteiger partial charge in [0.1, 0.15) is 11.4 Å². The molecule has 0 aliphatic rings. The summed E-state index contributed by atoms with van der Waals surface area (Å²) in [6.45, 7) is 4.58. The fourth-order valence-electron chi connectivity index (χ4n) is 2.25. The normalized spacial score (nSPS) is 10.4. The van der Waals surface area contributed by atoms with Gasteiger partial charge in [0.25, 0.3) is 5.91 Å². The monoisotopic (exact) mass is 339 g/mol. The summed E-state index contributed by atoms with van der Waals surface area (Å²) in [7, 11) is 0. The molecular weight excluding hydrogens is 322 g/mol. The van der Waals surface area contributed by atoms with E-state index in [1.807, 2.05) is 38.1 Å². The Labute approximate surface area is 144 Å². The van der Waals surface area contributed by atoms with E-state index in [1.165, 1.54) is 11.3 Å². The van der Waals surface area contributed by atoms with E-state index in [4.69, 9.17) is 4.74 Å². The number of aromatic nitrogens is 2. The van der Waals surface area contributed by atoms with Crippen LogP contribution in [0.5, 0.6) is 5.75 Å². The Hall–Kier alpha value is -2.73. The van der Waals surface area contributed by atoms with Crippen LogP contribution in [0.2, 0.25) is 0 Å². The van der Waals surface area contributed by atoms with Gasteiger partial charge in [-0.2, -0.15) is 0 Å². The van der Waals surface area contributed by atoms with Crippen LogP contribution in [0.15, 0.2) is 48.7 Å². The molecule has 24 heavy (non-hydrogen) atoms. The van der Waals surface area contributed by atoms with Crippen LogP contribution in [0.4, 0.5) is 5.13 Å². The second kappa shape index (κ2) is 7.23. The van der Waals surface area contributed by atoms with Crippen LogP contribution in [0.1, 0.15) is 22.3 Å². The van der Waals surface area contributed by atoms with Gasteiger partial charge < -0.3 is 4.74 Å². The second-order valence-electron chi connectivity index (χ2n) is 5.05. The van der Waals surface area contributed by atoms with E-state index in [1.54, 1.807) is 24.4 Å². The van der Waals surface area contributed by atoms with Crippen molar-refractivity contribution in [1.29, 1.82) is 0 Å². The number of benzene rings is 1. The number of ether oxygens (including phenoxy) is 1. The molecule has 1 N–H and O–H groups in total. The fourth-order valence-corrected chi connectivity index (χ4v) is 3.08. The Balaban J connectivity index is 1.78. The minimum atomic E-state index is -0.261. The summed E-state index contributed by atoms with van der Waals surface area (Å²) in [5.41, 5.74) is 2.22. The predicted octanol–water partition coefficient (Wildman–Crippen LogP) is 4.16. The van der Waals surface area contributed by atoms with Gasteiger partial charge in [-0.25, -0.2) is 4.98 Å². The molecule has 3 aromatic rings. The number of nitrogens with one attached hydrogen (secondary N) is 1. The molecule has 0 spiro atoms. The third kappa shape index (κ3) is 3.60. The Morgan fingerprint density at radius 3 is 2.67 bits per heavy atom. The molecule has 0 fully saturated rings. The number of carbonyl (C=O) groups excluding carboxylic acids is 1. The molecule has 6 heteroatoms. The molecule has 3 rings (SSSR count). The van der Waals surface area contributed by atoms with Crippen molar-refractivity contribution in [2.75, 3.05) is 11.9 Å². The van der Waals surface area contributed by atoms with E-state index in [0.29, 0.717) is 17.4 Å². The SMILES string of the molecule is CCOc1ccc(-c2nc(NC(=O)c3ccccn3)sc2C)cc1. The molecule has 0 radical (unpaired) electrons. The average Bonchev–Trinajstić information content (AvgIpc) is 2.97. The molecule has 5 nitrogen and oxygen atoms in total. The first-order valence-electron chi connectivity index (χ1n) is 7.60. The number of thiazole rings is 1. The van der Waals surface area contributed by atoms with E-state index in [9.17, 15) is 4.79 Å². The second-order valence-corrected chi connectivity index (χ2v) is 6.25. The third-order valence-electron chi connectivity index (χ3n) is 3.35. The maximum absolute atomic E-state index is 12.2. The zero-order valence-corrected chi connectivity index (χ0v) is 14.3. The van der Waals surface area contributed by atoms with Crippen LogP contribution in [0.25, 0.3) is 11.3 Å². The molecule has 0 saturated carbocycles. The number of pyridine rings is 1. The number of anilines is 1. The quantitative estimate of drug-likeness (QED) is 0.758. The Morgan fingerprint density at radius 1 is 1.21 bits per heavy atom. The van der Waals surface area contributed by atoms with Gasteiger partial charge in [0.15, 0.2) is 5.13 Å². The van der Waals surface area contributed by atoms with E-state index in [2.05, 4.69) is 15.3 Å². The zero-order valence-electron chi connectivity index (χ0n) is 13.4. The average molecular weight is 339 g/mol. The van der Waals surface area contributed by atoms with Crippen molar-refractivity contribution in [2.45, 2.75) is 13.8 Å². The Morgan fingerprint density at radius 2 is 2.00 bits per heavy atom. The molecule has 0 aliphatic heterocycles. The lowest BCUT2D eigenvalue weighted by Crippen LogP contribution is -2.13. The summed E-state index contributed by atoms with van der Waals surface area (Å²) < 4.78 is 5.45. The maximum atomic E-state index is 12.2. The lowest BCUT2D eigenvalue weighted by molar-refractivity contribution is 0.102. The van der Waals surface area contributed by atoms with Crippen molar-refractivity contribution in [1.82, 2.24) is 9.97 Å². The lowest BCUT2D eigenvalue weighted by atomic mass is 10.1. The minimum absolute atomic E-state index is 0.261. The predicted molar refractivity (Wildman–Crippen MR) is 95.6 cm³/mol. The molecule has 2 aromatic heterocycles. The zero-order chi connectivity index (χ0) is 16.9. The van der Waals surface area contributed by atoms with Gasteiger partial charge in [0.05, 0.1) is 12.3 Å². The number of amides is 1. The number of aryl methyl sites for hydroxylation is 1. The summed E-state index contributed by atoms with van der Waals surface area (Å²) in [5, 5.41) is 3.36. The molecule has 122 valence electrons. The summed E-state index contributed by atoms with van der Waals surface area (Å²) >= 11 is 1.44. The molecule has 0 aliphatic carbocycles. The van der Waals surface area contributed by atoms with Crippen LogP contribution in [0.3, 0.4) is 0 Å². The van der Waals surface area contributed by atoms with Crippen molar-refractivity contribution < 1.29 is 9.53 Å². The molecule has 0 saturated heterocycles. The van der Waals surface area contributed by atoms with E-state index >= 15 is 0 Å². The van der Waals surface area contributed by atoms with E-state index in [0.717, 1.165) is 21.9 Å². The highest BCUT2D eigenvalue weighted by atomic mass is 32.1. The highest BCUT2D eigenvalue weighted by molar-refractivity contribution is 7.16. The van der Waals surface area contributed by atoms with Crippen molar-refractivity contribution in [3.63, 3.8) is 0 Å². The highest BCUT2D eigenvalue weighted by Gasteiger charge is 2.13. The molecule has 1 aromatic carbocycles. The van der Waals surface area contributed by atoms with Gasteiger partial charge in [-0.1, -0.05) is 6.07 Å². The number of hydrogen-bond donors (Lipinski definition) is 1. The third-order valence-corrected chi connectivity index (χ3v) is 4.24. The molecule has 1 amide bonds. The van der Waals surface area contributed by atoms with Gasteiger partial charge in [0.2, 0.25) is 0 Å². The van der Waals surface area contributed by atoms with Crippen LogP contribution in [0, 0.1) is 6.92 Å². The Bertz CT molecular complexity index is 829. The largest absolute Gasteiger partial charge is 0.494 e. The van der Waals surface area contributed by atoms with Crippen molar-refractivity contribution >= 4 is 22.4 Å². The van der Waals surface area contributed by atoms with E-state index < -0.39 is 0 Å². The van der Waals surface area contributed by atoms with Crippen molar-refractivity contribution in [3.8, 4) is 17.0 Å². The van der Waals surface area contributed by atoms with Crippen LogP contribution in [-0.2, 0) is 0 Å². The van der Waals surface area contributed by atoms with Gasteiger partial charge in [0, 0.05) is 16.6 Å². The molecule has 0 atom stereocenters. The van der Waals surface area contributed by atoms with E-state index in [-0.39, 0.29) is 5.91 Å². The first kappa shape index (κ1) is 16.1. The standard InChI is InChI=1S/C18H17N3O2S/c1-3-23-14-9-7-13(8-10-14)16-12(2)24-18(20-16)21-17(22)15-6-4-5-11-19-15/h4-11H,3H2,1-2H3,(H,20,21,22).